The number of ketones is 2. The third kappa shape index (κ3) is 3.67. The molecule has 1 aromatic heterocycles. The number of aryl methyl sites for hydroxylation is 1. The van der Waals surface area contributed by atoms with E-state index in [1.165, 1.54) is 0 Å². The normalized spacial score (nSPS) is 17.8. The van der Waals surface area contributed by atoms with Crippen LogP contribution in [0, 0.1) is 5.41 Å². The highest BCUT2D eigenvalue weighted by atomic mass is 35.5. The van der Waals surface area contributed by atoms with Gasteiger partial charge in [-0.15, -0.1) is 0 Å². The van der Waals surface area contributed by atoms with Crippen molar-refractivity contribution in [3.05, 3.63) is 52.8 Å². The van der Waals surface area contributed by atoms with Gasteiger partial charge in [-0.2, -0.15) is 0 Å². The molecule has 1 aliphatic rings. The van der Waals surface area contributed by atoms with Crippen molar-refractivity contribution in [1.29, 1.82) is 0 Å². The van der Waals surface area contributed by atoms with Gasteiger partial charge in [0, 0.05) is 24.6 Å². The first-order chi connectivity index (χ1) is 11.8. The van der Waals surface area contributed by atoms with Crippen molar-refractivity contribution in [1.82, 2.24) is 4.98 Å². The van der Waals surface area contributed by atoms with Crippen LogP contribution in [0.3, 0.4) is 0 Å². The molecule has 130 valence electrons. The number of nitrogens with zero attached hydrogens (tertiary/aromatic N) is 1. The molecular weight excluding hydrogens is 334 g/mol. The van der Waals surface area contributed by atoms with Gasteiger partial charge in [-0.1, -0.05) is 44.5 Å². The fraction of sp³-hybridized carbons (Fsp3) is 0.381. The van der Waals surface area contributed by atoms with Crippen LogP contribution >= 0.6 is 11.6 Å². The highest BCUT2D eigenvalue weighted by molar-refractivity contribution is 6.29. The van der Waals surface area contributed by atoms with E-state index in [1.54, 1.807) is 12.3 Å². The summed E-state index contributed by atoms with van der Waals surface area (Å²) in [6.45, 7) is 6.01. The third-order valence-electron chi connectivity index (χ3n) is 4.85. The second-order valence-electron chi connectivity index (χ2n) is 7.52. The topological polar surface area (TPSA) is 47.0 Å². The van der Waals surface area contributed by atoms with E-state index in [0.29, 0.717) is 18.0 Å². The lowest BCUT2D eigenvalue weighted by Crippen LogP contribution is -2.36. The highest BCUT2D eigenvalue weighted by Crippen LogP contribution is 2.40. The van der Waals surface area contributed by atoms with E-state index in [2.05, 4.69) is 4.98 Å². The maximum Gasteiger partial charge on any atom is 0.148 e. The number of carbonyl (C=O) groups excluding carboxylic acids is 2. The minimum atomic E-state index is -0.636. The van der Waals surface area contributed by atoms with E-state index < -0.39 is 5.92 Å². The molecule has 1 aromatic carbocycles. The molecule has 0 N–H and O–H groups in total. The number of halogens is 1. The van der Waals surface area contributed by atoms with Crippen LogP contribution in [-0.4, -0.2) is 16.6 Å². The summed E-state index contributed by atoms with van der Waals surface area (Å²) in [5, 5.41) is 0.439. The van der Waals surface area contributed by atoms with Gasteiger partial charge in [0.2, 0.25) is 0 Å². The zero-order chi connectivity index (χ0) is 18.2. The van der Waals surface area contributed by atoms with Crippen molar-refractivity contribution in [3.8, 4) is 11.1 Å². The molecule has 3 rings (SSSR count). The van der Waals surface area contributed by atoms with Gasteiger partial charge < -0.3 is 0 Å². The largest absolute Gasteiger partial charge is 0.299 e. The Bertz CT molecular complexity index is 804. The molecule has 0 spiro atoms. The van der Waals surface area contributed by atoms with E-state index in [-0.39, 0.29) is 17.0 Å². The molecule has 2 aromatic rings. The van der Waals surface area contributed by atoms with Crippen LogP contribution in [0.15, 0.2) is 36.5 Å². The smallest absolute Gasteiger partial charge is 0.148 e. The lowest BCUT2D eigenvalue weighted by molar-refractivity contribution is -0.135. The van der Waals surface area contributed by atoms with Gasteiger partial charge >= 0.3 is 0 Å². The van der Waals surface area contributed by atoms with Crippen LogP contribution in [0.4, 0.5) is 0 Å². The summed E-state index contributed by atoms with van der Waals surface area (Å²) in [6, 6.07) is 9.63. The number of aromatic nitrogens is 1. The van der Waals surface area contributed by atoms with Gasteiger partial charge in [0.05, 0.1) is 0 Å². The van der Waals surface area contributed by atoms with Crippen molar-refractivity contribution >= 4 is 23.2 Å². The average Bonchev–Trinajstić information content (AvgIpc) is 2.53. The molecular formula is C21H22ClNO2. The molecule has 0 saturated heterocycles. The minimum absolute atomic E-state index is 0.0299. The monoisotopic (exact) mass is 355 g/mol. The molecule has 3 nitrogen and oxygen atoms in total. The van der Waals surface area contributed by atoms with Crippen LogP contribution in [-0.2, 0) is 16.0 Å². The molecule has 0 amide bonds. The number of pyridine rings is 1. The quantitative estimate of drug-likeness (QED) is 0.574. The van der Waals surface area contributed by atoms with Crippen molar-refractivity contribution in [2.75, 3.05) is 0 Å². The number of carbonyl (C=O) groups is 2. The maximum absolute atomic E-state index is 12.7. The number of rotatable bonds is 3. The maximum atomic E-state index is 12.7. The van der Waals surface area contributed by atoms with Crippen molar-refractivity contribution in [2.45, 2.75) is 46.0 Å². The van der Waals surface area contributed by atoms with E-state index in [1.807, 2.05) is 45.0 Å². The number of hydrogen-bond acceptors (Lipinski definition) is 3. The Morgan fingerprint density at radius 2 is 1.72 bits per heavy atom. The van der Waals surface area contributed by atoms with Gasteiger partial charge in [0.25, 0.3) is 0 Å². The zero-order valence-corrected chi connectivity index (χ0v) is 15.6. The summed E-state index contributed by atoms with van der Waals surface area (Å²) < 4.78 is 0. The Labute approximate surface area is 153 Å². The lowest BCUT2D eigenvalue weighted by atomic mass is 9.69. The molecule has 0 aliphatic heterocycles. The van der Waals surface area contributed by atoms with Crippen LogP contribution in [0.1, 0.15) is 50.7 Å². The third-order valence-corrected chi connectivity index (χ3v) is 5.07. The van der Waals surface area contributed by atoms with E-state index >= 15 is 0 Å². The number of Topliss-reactive ketones (excluding diaryl/α,β-unsaturated/α-hetero) is 2. The first kappa shape index (κ1) is 17.8. The summed E-state index contributed by atoms with van der Waals surface area (Å²) in [5.74, 6) is -0.576. The average molecular weight is 356 g/mol. The first-order valence-corrected chi connectivity index (χ1v) is 8.99. The molecule has 0 atom stereocenters. The number of hydrogen-bond donors (Lipinski definition) is 0. The first-order valence-electron chi connectivity index (χ1n) is 8.61. The molecule has 25 heavy (non-hydrogen) atoms. The van der Waals surface area contributed by atoms with Gasteiger partial charge in [-0.25, -0.2) is 4.98 Å². The van der Waals surface area contributed by atoms with Gasteiger partial charge in [0.1, 0.15) is 22.6 Å². The Morgan fingerprint density at radius 3 is 2.28 bits per heavy atom. The molecule has 1 aliphatic carbocycles. The van der Waals surface area contributed by atoms with Crippen molar-refractivity contribution in [3.63, 3.8) is 0 Å². The Balaban J connectivity index is 2.05. The number of benzene rings is 1. The molecule has 1 fully saturated rings. The van der Waals surface area contributed by atoms with E-state index in [4.69, 9.17) is 11.6 Å². The summed E-state index contributed by atoms with van der Waals surface area (Å²) in [7, 11) is 0. The van der Waals surface area contributed by atoms with E-state index in [0.717, 1.165) is 28.7 Å². The Morgan fingerprint density at radius 1 is 1.08 bits per heavy atom. The van der Waals surface area contributed by atoms with Gasteiger partial charge in [-0.05, 0) is 46.7 Å². The summed E-state index contributed by atoms with van der Waals surface area (Å²) in [5.41, 5.74) is 3.53. The molecule has 1 heterocycles. The predicted molar refractivity (Wildman–Crippen MR) is 99.8 cm³/mol. The standard InChI is InChI=1S/C21H22ClNO2/c1-4-13-5-6-14(15-7-8-19(22)23-12-15)9-16(13)20-17(24)10-21(2,3)11-18(20)25/h5-9,12,20H,4,10-11H2,1-3H3. The second-order valence-corrected chi connectivity index (χ2v) is 7.91. The Hall–Kier alpha value is -2.00. The zero-order valence-electron chi connectivity index (χ0n) is 14.8. The predicted octanol–water partition coefficient (Wildman–Crippen LogP) is 5.01. The fourth-order valence-corrected chi connectivity index (χ4v) is 3.76. The van der Waals surface area contributed by atoms with Crippen LogP contribution in [0.25, 0.3) is 11.1 Å². The molecule has 0 radical (unpaired) electrons. The molecule has 0 unspecified atom stereocenters. The van der Waals surface area contributed by atoms with Gasteiger partial charge in [0.15, 0.2) is 0 Å². The van der Waals surface area contributed by atoms with Crippen molar-refractivity contribution < 1.29 is 9.59 Å². The SMILES string of the molecule is CCc1ccc(-c2ccc(Cl)nc2)cc1C1C(=O)CC(C)(C)CC1=O. The van der Waals surface area contributed by atoms with Crippen molar-refractivity contribution in [2.24, 2.45) is 5.41 Å². The van der Waals surface area contributed by atoms with Gasteiger partial charge in [-0.3, -0.25) is 9.59 Å². The van der Waals surface area contributed by atoms with Crippen LogP contribution < -0.4 is 0 Å². The highest BCUT2D eigenvalue weighted by Gasteiger charge is 2.41. The molecule has 4 heteroatoms. The molecule has 0 bridgehead atoms. The second kappa shape index (κ2) is 6.72. The molecule has 1 saturated carbocycles. The Kier molecular flexibility index (Phi) is 4.79. The van der Waals surface area contributed by atoms with Crippen LogP contribution in [0.2, 0.25) is 5.15 Å². The minimum Gasteiger partial charge on any atom is -0.299 e. The van der Waals surface area contributed by atoms with Crippen LogP contribution in [0.5, 0.6) is 0 Å². The lowest BCUT2D eigenvalue weighted by Gasteiger charge is -2.33. The fourth-order valence-electron chi connectivity index (χ4n) is 3.65. The summed E-state index contributed by atoms with van der Waals surface area (Å²) >= 11 is 5.86. The summed E-state index contributed by atoms with van der Waals surface area (Å²) in [4.78, 5) is 29.6. The van der Waals surface area contributed by atoms with E-state index in [9.17, 15) is 9.59 Å². The summed E-state index contributed by atoms with van der Waals surface area (Å²) in [6.07, 6.45) is 3.38.